The van der Waals surface area contributed by atoms with Crippen LogP contribution in [0.2, 0.25) is 5.15 Å². The topological polar surface area (TPSA) is 54.9 Å². The molecule has 14 heavy (non-hydrogen) atoms. The maximum Gasteiger partial charge on any atom is 0.156 e. The quantitative estimate of drug-likeness (QED) is 0.352. The van der Waals surface area contributed by atoms with Crippen LogP contribution in [0.15, 0.2) is 6.33 Å². The van der Waals surface area contributed by atoms with Gasteiger partial charge in [-0.3, -0.25) is 4.79 Å². The number of carbonyl (C=O) groups excluding carboxylic acids is 1. The number of halogens is 1. The molecule has 1 rings (SSSR count). The molecule has 4 nitrogen and oxygen atoms in total. The van der Waals surface area contributed by atoms with E-state index < -0.39 is 0 Å². The number of anilines is 1. The smallest absolute Gasteiger partial charge is 0.156 e. The van der Waals surface area contributed by atoms with Gasteiger partial charge in [0.1, 0.15) is 17.3 Å². The number of hydrogen-bond donors (Lipinski definition) is 1. The Kier molecular flexibility index (Phi) is 3.89. The molecule has 1 heterocycles. The molecule has 1 aromatic heterocycles. The molecule has 0 atom stereocenters. The van der Waals surface area contributed by atoms with Crippen molar-refractivity contribution in [1.82, 2.24) is 9.97 Å². The van der Waals surface area contributed by atoms with E-state index in [-0.39, 0.29) is 10.7 Å². The minimum Gasteiger partial charge on any atom is -0.368 e. The largest absolute Gasteiger partial charge is 0.368 e. The van der Waals surface area contributed by atoms with E-state index in [2.05, 4.69) is 21.2 Å². The van der Waals surface area contributed by atoms with Crippen LogP contribution < -0.4 is 5.32 Å². The highest BCUT2D eigenvalue weighted by atomic mass is 35.5. The molecule has 5 heteroatoms. The van der Waals surface area contributed by atoms with Gasteiger partial charge < -0.3 is 5.32 Å². The molecule has 0 fully saturated rings. The second kappa shape index (κ2) is 5.20. The van der Waals surface area contributed by atoms with E-state index in [1.807, 2.05) is 0 Å². The average molecular weight is 210 g/mol. The molecule has 0 unspecified atom stereocenters. The van der Waals surface area contributed by atoms with Gasteiger partial charge in [0, 0.05) is 13.0 Å². The number of aldehydes is 1. The summed E-state index contributed by atoms with van der Waals surface area (Å²) >= 11 is 5.68. The molecule has 0 spiro atoms. The summed E-state index contributed by atoms with van der Waals surface area (Å²) in [5.41, 5.74) is 0.256. The van der Waals surface area contributed by atoms with E-state index in [1.54, 1.807) is 0 Å². The maximum atomic E-state index is 10.6. The number of hydrogen-bond acceptors (Lipinski definition) is 4. The summed E-state index contributed by atoms with van der Waals surface area (Å²) in [5.74, 6) is 2.88. The Labute approximate surface area is 86.7 Å². The van der Waals surface area contributed by atoms with Crippen molar-refractivity contribution in [3.05, 3.63) is 17.0 Å². The third kappa shape index (κ3) is 2.44. The van der Waals surface area contributed by atoms with Crippen LogP contribution in [-0.4, -0.2) is 22.8 Å². The van der Waals surface area contributed by atoms with Gasteiger partial charge in [0.25, 0.3) is 0 Å². The van der Waals surface area contributed by atoms with Crippen molar-refractivity contribution in [2.45, 2.75) is 6.42 Å². The summed E-state index contributed by atoms with van der Waals surface area (Å²) in [6.07, 6.45) is 7.53. The molecule has 0 saturated carbocycles. The monoisotopic (exact) mass is 209 g/mol. The van der Waals surface area contributed by atoms with Crippen LogP contribution in [0.1, 0.15) is 16.8 Å². The standard InChI is InChI=1S/C9H8ClN3O/c1-2-3-4-11-9-7(5-14)8(10)12-6-13-9/h1,5-6H,3-4H2,(H,11,12,13). The van der Waals surface area contributed by atoms with Gasteiger partial charge in [-0.15, -0.1) is 12.3 Å². The average Bonchev–Trinajstić information content (AvgIpc) is 2.18. The van der Waals surface area contributed by atoms with E-state index in [0.29, 0.717) is 25.1 Å². The van der Waals surface area contributed by atoms with Crippen LogP contribution in [0.5, 0.6) is 0 Å². The number of nitrogens with one attached hydrogen (secondary N) is 1. The van der Waals surface area contributed by atoms with Crippen LogP contribution in [0.25, 0.3) is 0 Å². The highest BCUT2D eigenvalue weighted by molar-refractivity contribution is 6.32. The zero-order valence-electron chi connectivity index (χ0n) is 7.33. The summed E-state index contributed by atoms with van der Waals surface area (Å²) < 4.78 is 0. The summed E-state index contributed by atoms with van der Waals surface area (Å²) in [6.45, 7) is 0.546. The maximum absolute atomic E-state index is 10.6. The Balaban J connectivity index is 2.81. The first-order valence-corrected chi connectivity index (χ1v) is 4.30. The van der Waals surface area contributed by atoms with Crippen LogP contribution in [0, 0.1) is 12.3 Å². The van der Waals surface area contributed by atoms with Gasteiger partial charge in [-0.2, -0.15) is 0 Å². The molecule has 0 aliphatic rings. The zero-order chi connectivity index (χ0) is 10.4. The van der Waals surface area contributed by atoms with Gasteiger partial charge in [0.15, 0.2) is 6.29 Å². The molecule has 72 valence electrons. The summed E-state index contributed by atoms with van der Waals surface area (Å²) in [4.78, 5) is 18.2. The van der Waals surface area contributed by atoms with E-state index in [9.17, 15) is 4.79 Å². The Hall–Kier alpha value is -1.60. The Bertz CT molecular complexity index is 373. The number of aromatic nitrogens is 2. The number of carbonyl (C=O) groups is 1. The first-order chi connectivity index (χ1) is 6.79. The molecule has 0 saturated heterocycles. The molecule has 1 N–H and O–H groups in total. The first-order valence-electron chi connectivity index (χ1n) is 3.92. The Morgan fingerprint density at radius 1 is 1.64 bits per heavy atom. The third-order valence-electron chi connectivity index (χ3n) is 1.51. The lowest BCUT2D eigenvalue weighted by atomic mass is 10.3. The molecule has 0 aliphatic carbocycles. The fourth-order valence-corrected chi connectivity index (χ4v) is 1.05. The first kappa shape index (κ1) is 10.5. The van der Waals surface area contributed by atoms with Crippen molar-refractivity contribution in [2.24, 2.45) is 0 Å². The molecule has 0 aliphatic heterocycles. The summed E-state index contributed by atoms with van der Waals surface area (Å²) in [7, 11) is 0. The Morgan fingerprint density at radius 3 is 3.07 bits per heavy atom. The van der Waals surface area contributed by atoms with Crippen molar-refractivity contribution < 1.29 is 4.79 Å². The van der Waals surface area contributed by atoms with Gasteiger partial charge >= 0.3 is 0 Å². The van der Waals surface area contributed by atoms with Gasteiger partial charge in [-0.25, -0.2) is 9.97 Å². The van der Waals surface area contributed by atoms with Crippen molar-refractivity contribution >= 4 is 23.7 Å². The SMILES string of the molecule is C#CCCNc1ncnc(Cl)c1C=O. The molecule has 0 radical (unpaired) electrons. The third-order valence-corrected chi connectivity index (χ3v) is 1.82. The number of nitrogens with zero attached hydrogens (tertiary/aromatic N) is 2. The zero-order valence-corrected chi connectivity index (χ0v) is 8.08. The van der Waals surface area contributed by atoms with Crippen LogP contribution >= 0.6 is 11.6 Å². The fraction of sp³-hybridized carbons (Fsp3) is 0.222. The van der Waals surface area contributed by atoms with Gasteiger partial charge in [0.2, 0.25) is 0 Å². The predicted octanol–water partition coefficient (Wildman–Crippen LogP) is 1.38. The molecular weight excluding hydrogens is 202 g/mol. The highest BCUT2D eigenvalue weighted by Gasteiger charge is 2.07. The Morgan fingerprint density at radius 2 is 2.43 bits per heavy atom. The predicted molar refractivity (Wildman–Crippen MR) is 54.4 cm³/mol. The van der Waals surface area contributed by atoms with Crippen LogP contribution in [0.3, 0.4) is 0 Å². The molecule has 0 amide bonds. The molecular formula is C9H8ClN3O. The molecule has 0 aromatic carbocycles. The summed E-state index contributed by atoms with van der Waals surface area (Å²) in [6, 6.07) is 0. The highest BCUT2D eigenvalue weighted by Crippen LogP contribution is 2.16. The van der Waals surface area contributed by atoms with Gasteiger partial charge in [0.05, 0.1) is 5.56 Å². The van der Waals surface area contributed by atoms with E-state index >= 15 is 0 Å². The second-order valence-electron chi connectivity index (χ2n) is 2.43. The second-order valence-corrected chi connectivity index (χ2v) is 2.78. The molecule has 1 aromatic rings. The van der Waals surface area contributed by atoms with Crippen molar-refractivity contribution in [1.29, 1.82) is 0 Å². The number of terminal acetylenes is 1. The van der Waals surface area contributed by atoms with E-state index in [4.69, 9.17) is 18.0 Å². The van der Waals surface area contributed by atoms with Crippen LogP contribution in [-0.2, 0) is 0 Å². The van der Waals surface area contributed by atoms with Gasteiger partial charge in [-0.05, 0) is 0 Å². The van der Waals surface area contributed by atoms with Crippen molar-refractivity contribution in [2.75, 3.05) is 11.9 Å². The lowest BCUT2D eigenvalue weighted by molar-refractivity contribution is 0.112. The van der Waals surface area contributed by atoms with Crippen molar-refractivity contribution in [3.63, 3.8) is 0 Å². The normalized spacial score (nSPS) is 9.14. The lowest BCUT2D eigenvalue weighted by Crippen LogP contribution is -2.06. The van der Waals surface area contributed by atoms with Crippen molar-refractivity contribution in [3.8, 4) is 12.3 Å². The minimum absolute atomic E-state index is 0.137. The van der Waals surface area contributed by atoms with E-state index in [0.717, 1.165) is 0 Å². The van der Waals surface area contributed by atoms with E-state index in [1.165, 1.54) is 6.33 Å². The van der Waals surface area contributed by atoms with Gasteiger partial charge in [-0.1, -0.05) is 11.6 Å². The molecule has 0 bridgehead atoms. The minimum atomic E-state index is 0.137. The van der Waals surface area contributed by atoms with Crippen LogP contribution in [0.4, 0.5) is 5.82 Å². The number of rotatable bonds is 4. The lowest BCUT2D eigenvalue weighted by Gasteiger charge is -2.05. The summed E-state index contributed by atoms with van der Waals surface area (Å²) in [5, 5.41) is 3.03. The fourth-order valence-electron chi connectivity index (χ4n) is 0.872.